The second-order valence-corrected chi connectivity index (χ2v) is 3.76. The number of hydrazone groups is 1. The van der Waals surface area contributed by atoms with Crippen molar-refractivity contribution in [1.29, 1.82) is 0 Å². The number of nitrogens with one attached hydrogen (secondary N) is 1. The number of benzene rings is 1. The molecule has 0 radical (unpaired) electrons. The van der Waals surface area contributed by atoms with Crippen LogP contribution in [0.3, 0.4) is 0 Å². The molecule has 1 rings (SSSR count). The molecule has 0 bridgehead atoms. The van der Waals surface area contributed by atoms with Gasteiger partial charge in [0.15, 0.2) is 0 Å². The van der Waals surface area contributed by atoms with E-state index in [0.717, 1.165) is 11.1 Å². The number of rotatable bonds is 3. The van der Waals surface area contributed by atoms with E-state index >= 15 is 0 Å². The molecule has 0 aliphatic heterocycles. The molecule has 0 unspecified atom stereocenters. The van der Waals surface area contributed by atoms with Crippen LogP contribution in [0.2, 0.25) is 0 Å². The van der Waals surface area contributed by atoms with Crippen LogP contribution in [0.1, 0.15) is 28.4 Å². The molecule has 0 spiro atoms. The summed E-state index contributed by atoms with van der Waals surface area (Å²) in [6.45, 7) is 5.92. The first-order valence-corrected chi connectivity index (χ1v) is 5.16. The Morgan fingerprint density at radius 1 is 1.38 bits per heavy atom. The molecule has 0 atom stereocenters. The summed E-state index contributed by atoms with van der Waals surface area (Å²) in [6, 6.07) is 5.73. The maximum Gasteiger partial charge on any atom is 0.271 e. The quantitative estimate of drug-likeness (QED) is 0.595. The standard InChI is InChI=1S/C12H17N3O/c1-8-5-4-6-9(2)11(8)12(16)15-14-10(3)7-13/h4-6H,7,13H2,1-3H3,(H,15,16). The van der Waals surface area contributed by atoms with Crippen LogP contribution in [0.5, 0.6) is 0 Å². The second kappa shape index (κ2) is 5.42. The second-order valence-electron chi connectivity index (χ2n) is 3.76. The zero-order chi connectivity index (χ0) is 12.1. The van der Waals surface area contributed by atoms with Crippen molar-refractivity contribution in [2.24, 2.45) is 10.8 Å². The number of hydrogen-bond donors (Lipinski definition) is 2. The predicted octanol–water partition coefficient (Wildman–Crippen LogP) is 1.37. The van der Waals surface area contributed by atoms with Crippen LogP contribution in [0.15, 0.2) is 23.3 Å². The van der Waals surface area contributed by atoms with E-state index in [0.29, 0.717) is 17.8 Å². The molecule has 1 aromatic rings. The number of hydrogen-bond acceptors (Lipinski definition) is 3. The van der Waals surface area contributed by atoms with Crippen molar-refractivity contribution in [2.45, 2.75) is 20.8 Å². The van der Waals surface area contributed by atoms with Gasteiger partial charge >= 0.3 is 0 Å². The van der Waals surface area contributed by atoms with Gasteiger partial charge in [-0.3, -0.25) is 4.79 Å². The fourth-order valence-corrected chi connectivity index (χ4v) is 1.42. The van der Waals surface area contributed by atoms with Gasteiger partial charge in [-0.15, -0.1) is 0 Å². The van der Waals surface area contributed by atoms with E-state index in [2.05, 4.69) is 10.5 Å². The van der Waals surface area contributed by atoms with Crippen LogP contribution in [0, 0.1) is 13.8 Å². The molecule has 1 amide bonds. The van der Waals surface area contributed by atoms with Crippen molar-refractivity contribution >= 4 is 11.6 Å². The average Bonchev–Trinajstić information content (AvgIpc) is 2.25. The van der Waals surface area contributed by atoms with Gasteiger partial charge in [0.1, 0.15) is 0 Å². The van der Waals surface area contributed by atoms with Gasteiger partial charge in [0, 0.05) is 17.8 Å². The minimum Gasteiger partial charge on any atom is -0.325 e. The highest BCUT2D eigenvalue weighted by atomic mass is 16.2. The summed E-state index contributed by atoms with van der Waals surface area (Å²) in [6.07, 6.45) is 0. The molecule has 0 fully saturated rings. The highest BCUT2D eigenvalue weighted by Crippen LogP contribution is 2.12. The average molecular weight is 219 g/mol. The van der Waals surface area contributed by atoms with Crippen molar-refractivity contribution in [3.63, 3.8) is 0 Å². The molecular formula is C12H17N3O. The van der Waals surface area contributed by atoms with Crippen LogP contribution >= 0.6 is 0 Å². The van der Waals surface area contributed by atoms with Crippen LogP contribution in [0.25, 0.3) is 0 Å². The Morgan fingerprint density at radius 2 is 1.94 bits per heavy atom. The zero-order valence-electron chi connectivity index (χ0n) is 9.87. The molecule has 4 heteroatoms. The largest absolute Gasteiger partial charge is 0.325 e. The monoisotopic (exact) mass is 219 g/mol. The Bertz CT molecular complexity index is 404. The summed E-state index contributed by atoms with van der Waals surface area (Å²) >= 11 is 0. The van der Waals surface area contributed by atoms with E-state index in [1.807, 2.05) is 32.0 Å². The van der Waals surface area contributed by atoms with E-state index in [-0.39, 0.29) is 5.91 Å². The molecule has 0 saturated heterocycles. The zero-order valence-corrected chi connectivity index (χ0v) is 9.87. The third-order valence-electron chi connectivity index (χ3n) is 2.35. The molecule has 0 aliphatic rings. The molecule has 0 heterocycles. The summed E-state index contributed by atoms with van der Waals surface area (Å²) in [4.78, 5) is 11.8. The molecule has 0 aliphatic carbocycles. The van der Waals surface area contributed by atoms with Gasteiger partial charge in [0.2, 0.25) is 0 Å². The normalized spacial score (nSPS) is 11.4. The molecule has 3 N–H and O–H groups in total. The summed E-state index contributed by atoms with van der Waals surface area (Å²) in [5, 5.41) is 3.89. The lowest BCUT2D eigenvalue weighted by atomic mass is 10.0. The van der Waals surface area contributed by atoms with E-state index in [1.165, 1.54) is 0 Å². The Morgan fingerprint density at radius 3 is 2.44 bits per heavy atom. The Kier molecular flexibility index (Phi) is 4.19. The fourth-order valence-electron chi connectivity index (χ4n) is 1.42. The van der Waals surface area contributed by atoms with Crippen LogP contribution in [0.4, 0.5) is 0 Å². The van der Waals surface area contributed by atoms with E-state index in [1.54, 1.807) is 6.92 Å². The van der Waals surface area contributed by atoms with Crippen molar-refractivity contribution in [2.75, 3.05) is 6.54 Å². The topological polar surface area (TPSA) is 67.5 Å². The number of nitrogens with zero attached hydrogens (tertiary/aromatic N) is 1. The third-order valence-corrected chi connectivity index (χ3v) is 2.35. The molecule has 16 heavy (non-hydrogen) atoms. The molecule has 0 aromatic heterocycles. The first kappa shape index (κ1) is 12.4. The summed E-state index contributed by atoms with van der Waals surface area (Å²) in [5.74, 6) is -0.191. The molecule has 86 valence electrons. The van der Waals surface area contributed by atoms with Crippen LogP contribution in [-0.2, 0) is 0 Å². The van der Waals surface area contributed by atoms with Crippen molar-refractivity contribution in [3.8, 4) is 0 Å². The number of carbonyl (C=O) groups excluding carboxylic acids is 1. The van der Waals surface area contributed by atoms with Crippen LogP contribution in [-0.4, -0.2) is 18.2 Å². The lowest BCUT2D eigenvalue weighted by Gasteiger charge is -2.07. The number of amides is 1. The SMILES string of the molecule is CC(CN)=NNC(=O)c1c(C)cccc1C. The van der Waals surface area contributed by atoms with Gasteiger partial charge < -0.3 is 5.73 Å². The molecule has 0 saturated carbocycles. The summed E-state index contributed by atoms with van der Waals surface area (Å²) < 4.78 is 0. The van der Waals surface area contributed by atoms with Crippen molar-refractivity contribution < 1.29 is 4.79 Å². The van der Waals surface area contributed by atoms with Crippen molar-refractivity contribution in [3.05, 3.63) is 34.9 Å². The Hall–Kier alpha value is -1.68. The number of aryl methyl sites for hydroxylation is 2. The fraction of sp³-hybridized carbons (Fsp3) is 0.333. The molecule has 4 nitrogen and oxygen atoms in total. The molecular weight excluding hydrogens is 202 g/mol. The smallest absolute Gasteiger partial charge is 0.271 e. The first-order chi connectivity index (χ1) is 7.56. The van der Waals surface area contributed by atoms with Gasteiger partial charge in [-0.25, -0.2) is 5.43 Å². The maximum absolute atomic E-state index is 11.8. The minimum atomic E-state index is -0.191. The van der Waals surface area contributed by atoms with E-state index in [4.69, 9.17) is 5.73 Å². The highest BCUT2D eigenvalue weighted by Gasteiger charge is 2.10. The Labute approximate surface area is 95.5 Å². The van der Waals surface area contributed by atoms with Gasteiger partial charge in [0.05, 0.1) is 0 Å². The lowest BCUT2D eigenvalue weighted by molar-refractivity contribution is 0.0953. The third kappa shape index (κ3) is 2.90. The summed E-state index contributed by atoms with van der Waals surface area (Å²) in [5.41, 5.74) is 11.1. The van der Waals surface area contributed by atoms with Gasteiger partial charge in [-0.05, 0) is 31.9 Å². The van der Waals surface area contributed by atoms with Gasteiger partial charge in [0.25, 0.3) is 5.91 Å². The first-order valence-electron chi connectivity index (χ1n) is 5.16. The number of carbonyl (C=O) groups is 1. The molecule has 1 aromatic carbocycles. The van der Waals surface area contributed by atoms with Crippen molar-refractivity contribution in [1.82, 2.24) is 5.43 Å². The van der Waals surface area contributed by atoms with Gasteiger partial charge in [-0.2, -0.15) is 5.10 Å². The maximum atomic E-state index is 11.8. The minimum absolute atomic E-state index is 0.191. The van der Waals surface area contributed by atoms with E-state index < -0.39 is 0 Å². The lowest BCUT2D eigenvalue weighted by Crippen LogP contribution is -2.23. The highest BCUT2D eigenvalue weighted by molar-refractivity contribution is 5.97. The predicted molar refractivity (Wildman–Crippen MR) is 65.5 cm³/mol. The number of nitrogens with two attached hydrogens (primary N) is 1. The van der Waals surface area contributed by atoms with Gasteiger partial charge in [-0.1, -0.05) is 18.2 Å². The Balaban J connectivity index is 2.89. The van der Waals surface area contributed by atoms with Crippen LogP contribution < -0.4 is 11.2 Å². The summed E-state index contributed by atoms with van der Waals surface area (Å²) in [7, 11) is 0. The van der Waals surface area contributed by atoms with E-state index in [9.17, 15) is 4.79 Å².